The summed E-state index contributed by atoms with van der Waals surface area (Å²) in [7, 11) is -0.999. The molecule has 0 radical (unpaired) electrons. The highest BCUT2D eigenvalue weighted by atomic mass is 127. The Hall–Kier alpha value is 0.0769. The quantitative estimate of drug-likeness (QED) is 0.390. The third-order valence-corrected chi connectivity index (χ3v) is 7.51. The maximum Gasteiger partial charge on any atom is 0.139 e. The first kappa shape index (κ1) is 16.9. The molecular formula is C16H28IN3OSi. The molecule has 4 nitrogen and oxygen atoms in total. The monoisotopic (exact) mass is 433 g/mol. The molecule has 6 heteroatoms. The number of halogens is 1. The van der Waals surface area contributed by atoms with Crippen molar-refractivity contribution in [2.45, 2.75) is 51.2 Å². The van der Waals surface area contributed by atoms with Crippen molar-refractivity contribution < 1.29 is 4.74 Å². The average Bonchev–Trinajstić information content (AvgIpc) is 2.85. The van der Waals surface area contributed by atoms with E-state index in [2.05, 4.69) is 53.3 Å². The number of rotatable bonds is 6. The van der Waals surface area contributed by atoms with Crippen molar-refractivity contribution in [2.24, 2.45) is 5.92 Å². The summed E-state index contributed by atoms with van der Waals surface area (Å²) in [6.07, 6.45) is 4.85. The Kier molecular flexibility index (Phi) is 5.31. The molecule has 4 heterocycles. The summed E-state index contributed by atoms with van der Waals surface area (Å²) in [6, 6.07) is 1.22. The van der Waals surface area contributed by atoms with Crippen molar-refractivity contribution in [2.75, 3.05) is 26.2 Å². The van der Waals surface area contributed by atoms with Crippen molar-refractivity contribution in [3.05, 3.63) is 15.5 Å². The molecule has 3 fully saturated rings. The van der Waals surface area contributed by atoms with Crippen LogP contribution in [-0.2, 0) is 11.5 Å². The minimum atomic E-state index is -0.999. The Morgan fingerprint density at radius 3 is 2.64 bits per heavy atom. The molecule has 4 rings (SSSR count). The van der Waals surface area contributed by atoms with E-state index in [-0.39, 0.29) is 0 Å². The Labute approximate surface area is 148 Å². The molecule has 2 bridgehead atoms. The SMILES string of the molecule is C[Si](C)(C)CCOCn1cc(I)c(C2CN3CCC2CC3)n1. The Balaban J connectivity index is 1.57. The Bertz CT molecular complexity index is 506. The Morgan fingerprint density at radius 1 is 1.32 bits per heavy atom. The molecule has 0 amide bonds. The standard InChI is InChI=1S/C16H28IN3OSi/c1-22(2,3)9-8-21-12-20-11-15(17)16(18-20)14-10-19-6-4-13(14)5-7-19/h11,13-14H,4-10,12H2,1-3H3. The molecule has 1 aromatic heterocycles. The number of nitrogens with zero attached hydrogens (tertiary/aromatic N) is 3. The first-order valence-electron chi connectivity index (χ1n) is 8.45. The molecule has 3 aliphatic rings. The van der Waals surface area contributed by atoms with Gasteiger partial charge < -0.3 is 9.64 Å². The van der Waals surface area contributed by atoms with Crippen molar-refractivity contribution in [3.8, 4) is 0 Å². The molecule has 22 heavy (non-hydrogen) atoms. The van der Waals surface area contributed by atoms with Crippen LogP contribution in [0.1, 0.15) is 24.5 Å². The second kappa shape index (κ2) is 6.90. The average molecular weight is 433 g/mol. The Morgan fingerprint density at radius 2 is 2.05 bits per heavy atom. The smallest absolute Gasteiger partial charge is 0.139 e. The van der Waals surface area contributed by atoms with Crippen LogP contribution in [0.3, 0.4) is 0 Å². The summed E-state index contributed by atoms with van der Waals surface area (Å²) in [5.74, 6) is 1.48. The van der Waals surface area contributed by atoms with Gasteiger partial charge in [0.1, 0.15) is 6.73 Å². The van der Waals surface area contributed by atoms with E-state index >= 15 is 0 Å². The van der Waals surface area contributed by atoms with Gasteiger partial charge in [0.2, 0.25) is 0 Å². The zero-order chi connectivity index (χ0) is 15.7. The number of fused-ring (bicyclic) bond motifs is 3. The summed E-state index contributed by atoms with van der Waals surface area (Å²) in [5.41, 5.74) is 1.31. The van der Waals surface area contributed by atoms with Crippen LogP contribution < -0.4 is 0 Å². The van der Waals surface area contributed by atoms with E-state index in [1.54, 1.807) is 0 Å². The number of hydrogen-bond donors (Lipinski definition) is 0. The summed E-state index contributed by atoms with van der Waals surface area (Å²) in [5, 5.41) is 4.86. The topological polar surface area (TPSA) is 30.3 Å². The lowest BCUT2D eigenvalue weighted by atomic mass is 9.77. The maximum atomic E-state index is 5.83. The molecule has 1 atom stereocenters. The summed E-state index contributed by atoms with van der Waals surface area (Å²) in [4.78, 5) is 2.60. The van der Waals surface area contributed by atoms with Crippen molar-refractivity contribution >= 4 is 30.7 Å². The third kappa shape index (κ3) is 4.13. The van der Waals surface area contributed by atoms with E-state index in [9.17, 15) is 0 Å². The minimum absolute atomic E-state index is 0.599. The molecule has 124 valence electrons. The molecule has 3 aliphatic heterocycles. The van der Waals surface area contributed by atoms with Crippen molar-refractivity contribution in [3.63, 3.8) is 0 Å². The highest BCUT2D eigenvalue weighted by Crippen LogP contribution is 2.39. The van der Waals surface area contributed by atoms with Gasteiger partial charge in [-0.15, -0.1) is 0 Å². The van der Waals surface area contributed by atoms with Gasteiger partial charge in [0, 0.05) is 33.3 Å². The van der Waals surface area contributed by atoms with E-state index in [1.807, 2.05) is 4.68 Å². The minimum Gasteiger partial charge on any atom is -0.360 e. The highest BCUT2D eigenvalue weighted by molar-refractivity contribution is 14.1. The number of aromatic nitrogens is 2. The van der Waals surface area contributed by atoms with Gasteiger partial charge in [0.05, 0.1) is 9.26 Å². The highest BCUT2D eigenvalue weighted by Gasteiger charge is 2.37. The zero-order valence-corrected chi connectivity index (χ0v) is 17.2. The molecule has 1 aromatic rings. The number of piperidine rings is 3. The molecule has 0 aromatic carbocycles. The molecule has 1 unspecified atom stereocenters. The zero-order valence-electron chi connectivity index (χ0n) is 14.0. The van der Waals surface area contributed by atoms with Crippen LogP contribution in [0.25, 0.3) is 0 Å². The van der Waals surface area contributed by atoms with E-state index in [4.69, 9.17) is 9.84 Å². The predicted molar refractivity (Wildman–Crippen MR) is 101 cm³/mol. The van der Waals surface area contributed by atoms with Gasteiger partial charge in [0.25, 0.3) is 0 Å². The molecule has 0 N–H and O–H groups in total. The van der Waals surface area contributed by atoms with E-state index < -0.39 is 8.07 Å². The summed E-state index contributed by atoms with van der Waals surface area (Å²) in [6.45, 7) is 12.4. The van der Waals surface area contributed by atoms with Crippen LogP contribution in [0.5, 0.6) is 0 Å². The summed E-state index contributed by atoms with van der Waals surface area (Å²) < 4.78 is 9.14. The van der Waals surface area contributed by atoms with Crippen LogP contribution in [0, 0.1) is 9.49 Å². The second-order valence-corrected chi connectivity index (χ2v) is 14.8. The second-order valence-electron chi connectivity index (χ2n) is 7.99. The predicted octanol–water partition coefficient (Wildman–Crippen LogP) is 3.61. The molecule has 0 saturated carbocycles. The third-order valence-electron chi connectivity index (χ3n) is 4.97. The van der Waals surface area contributed by atoms with Gasteiger partial charge in [-0.1, -0.05) is 19.6 Å². The largest absolute Gasteiger partial charge is 0.360 e. The fraction of sp³-hybridized carbons (Fsp3) is 0.812. The van der Waals surface area contributed by atoms with Gasteiger partial charge in [-0.3, -0.25) is 0 Å². The van der Waals surface area contributed by atoms with Gasteiger partial charge in [0.15, 0.2) is 0 Å². The van der Waals surface area contributed by atoms with Crippen LogP contribution in [0.2, 0.25) is 25.7 Å². The van der Waals surface area contributed by atoms with Crippen LogP contribution >= 0.6 is 22.6 Å². The lowest BCUT2D eigenvalue weighted by Crippen LogP contribution is -2.46. The number of hydrogen-bond acceptors (Lipinski definition) is 3. The molecular weight excluding hydrogens is 405 g/mol. The van der Waals surface area contributed by atoms with E-state index in [1.165, 1.54) is 47.8 Å². The van der Waals surface area contributed by atoms with Crippen LogP contribution in [0.15, 0.2) is 6.20 Å². The lowest BCUT2D eigenvalue weighted by Gasteiger charge is -2.44. The fourth-order valence-electron chi connectivity index (χ4n) is 3.54. The fourth-order valence-corrected chi connectivity index (χ4v) is 5.13. The lowest BCUT2D eigenvalue weighted by molar-refractivity contribution is 0.0731. The molecule has 3 saturated heterocycles. The number of ether oxygens (including phenoxy) is 1. The molecule has 0 spiro atoms. The van der Waals surface area contributed by atoms with Gasteiger partial charge in [-0.05, 0) is 60.5 Å². The van der Waals surface area contributed by atoms with E-state index in [0.29, 0.717) is 12.6 Å². The van der Waals surface area contributed by atoms with Crippen LogP contribution in [-0.4, -0.2) is 49.0 Å². The van der Waals surface area contributed by atoms with E-state index in [0.717, 1.165) is 12.5 Å². The maximum absolute atomic E-state index is 5.83. The van der Waals surface area contributed by atoms with Crippen molar-refractivity contribution in [1.82, 2.24) is 14.7 Å². The van der Waals surface area contributed by atoms with Crippen molar-refractivity contribution in [1.29, 1.82) is 0 Å². The van der Waals surface area contributed by atoms with Gasteiger partial charge >= 0.3 is 0 Å². The summed E-state index contributed by atoms with van der Waals surface area (Å²) >= 11 is 2.45. The van der Waals surface area contributed by atoms with Gasteiger partial charge in [-0.25, -0.2) is 4.68 Å². The first-order chi connectivity index (χ1) is 10.4. The first-order valence-corrected chi connectivity index (χ1v) is 13.2. The van der Waals surface area contributed by atoms with Gasteiger partial charge in [-0.2, -0.15) is 5.10 Å². The molecule has 0 aliphatic carbocycles. The normalized spacial score (nSPS) is 28.3. The van der Waals surface area contributed by atoms with Crippen LogP contribution in [0.4, 0.5) is 0 Å².